The molecule has 0 saturated carbocycles. The molecular formula is C13H19N3O4. The second-order valence-electron chi connectivity index (χ2n) is 4.44. The highest BCUT2D eigenvalue weighted by Gasteiger charge is 2.13. The molecule has 0 aliphatic rings. The Morgan fingerprint density at radius 2 is 2.20 bits per heavy atom. The van der Waals surface area contributed by atoms with E-state index in [-0.39, 0.29) is 36.4 Å². The summed E-state index contributed by atoms with van der Waals surface area (Å²) >= 11 is 0. The predicted octanol–water partition coefficient (Wildman–Crippen LogP) is 1.22. The first-order chi connectivity index (χ1) is 9.50. The van der Waals surface area contributed by atoms with Crippen molar-refractivity contribution in [3.63, 3.8) is 0 Å². The molecule has 7 heteroatoms. The van der Waals surface area contributed by atoms with Gasteiger partial charge in [-0.2, -0.15) is 0 Å². The second kappa shape index (κ2) is 8.11. The van der Waals surface area contributed by atoms with E-state index in [9.17, 15) is 14.9 Å². The molecule has 0 aliphatic carbocycles. The number of nitrogens with one attached hydrogen (secondary N) is 1. The molecule has 1 aromatic carbocycles. The molecule has 0 aliphatic heterocycles. The number of nitrogens with zero attached hydrogens (tertiary/aromatic N) is 1. The van der Waals surface area contributed by atoms with Crippen LogP contribution in [-0.2, 0) is 4.79 Å². The number of nitrogens with two attached hydrogens (primary N) is 1. The lowest BCUT2D eigenvalue weighted by molar-refractivity contribution is -0.385. The average Bonchev–Trinajstić information content (AvgIpc) is 2.38. The largest absolute Gasteiger partial charge is 0.486 e. The van der Waals surface area contributed by atoms with Gasteiger partial charge in [-0.1, -0.05) is 12.1 Å². The van der Waals surface area contributed by atoms with Crippen LogP contribution in [0, 0.1) is 10.1 Å². The Hall–Kier alpha value is -2.15. The maximum absolute atomic E-state index is 11.5. The van der Waals surface area contributed by atoms with Crippen molar-refractivity contribution >= 4 is 11.6 Å². The van der Waals surface area contributed by atoms with Crippen molar-refractivity contribution in [3.8, 4) is 5.75 Å². The molecule has 0 bridgehead atoms. The number of hydrogen-bond donors (Lipinski definition) is 2. The van der Waals surface area contributed by atoms with Crippen molar-refractivity contribution in [2.45, 2.75) is 25.8 Å². The highest BCUT2D eigenvalue weighted by Crippen LogP contribution is 2.25. The standard InChI is InChI=1S/C13H19N3O4/c1-10(14)6-8-15-13(17)7-9-20-12-5-3-2-4-11(12)16(18)19/h2-5,10H,6-9,14H2,1H3,(H,15,17). The van der Waals surface area contributed by atoms with Gasteiger partial charge >= 0.3 is 5.69 Å². The van der Waals surface area contributed by atoms with Gasteiger partial charge in [0.15, 0.2) is 5.75 Å². The van der Waals surface area contributed by atoms with Crippen LogP contribution in [0.1, 0.15) is 19.8 Å². The minimum absolute atomic E-state index is 0.0403. The van der Waals surface area contributed by atoms with E-state index >= 15 is 0 Å². The van der Waals surface area contributed by atoms with E-state index in [2.05, 4.69) is 5.32 Å². The van der Waals surface area contributed by atoms with Gasteiger partial charge in [-0.25, -0.2) is 0 Å². The van der Waals surface area contributed by atoms with E-state index in [0.717, 1.165) is 0 Å². The summed E-state index contributed by atoms with van der Waals surface area (Å²) in [5.41, 5.74) is 5.45. The molecule has 20 heavy (non-hydrogen) atoms. The maximum atomic E-state index is 11.5. The molecule has 0 heterocycles. The Labute approximate surface area is 117 Å². The van der Waals surface area contributed by atoms with Crippen LogP contribution in [0.15, 0.2) is 24.3 Å². The van der Waals surface area contributed by atoms with Crippen LogP contribution in [0.3, 0.4) is 0 Å². The Kier molecular flexibility index (Phi) is 6.45. The smallest absolute Gasteiger partial charge is 0.310 e. The first-order valence-corrected chi connectivity index (χ1v) is 6.39. The third-order valence-electron chi connectivity index (χ3n) is 2.57. The van der Waals surface area contributed by atoms with E-state index < -0.39 is 4.92 Å². The van der Waals surface area contributed by atoms with Crippen molar-refractivity contribution in [3.05, 3.63) is 34.4 Å². The average molecular weight is 281 g/mol. The summed E-state index contributed by atoms with van der Waals surface area (Å²) in [5.74, 6) is 0.00474. The quantitative estimate of drug-likeness (QED) is 0.550. The fraction of sp³-hybridized carbons (Fsp3) is 0.462. The molecule has 0 spiro atoms. The van der Waals surface area contributed by atoms with Crippen LogP contribution in [0.25, 0.3) is 0 Å². The van der Waals surface area contributed by atoms with Gasteiger partial charge in [0.1, 0.15) is 0 Å². The molecule has 1 atom stereocenters. The lowest BCUT2D eigenvalue weighted by Crippen LogP contribution is -2.29. The van der Waals surface area contributed by atoms with Gasteiger partial charge in [0.2, 0.25) is 5.91 Å². The Morgan fingerprint density at radius 3 is 2.85 bits per heavy atom. The second-order valence-corrected chi connectivity index (χ2v) is 4.44. The van der Waals surface area contributed by atoms with Gasteiger partial charge in [0.05, 0.1) is 18.0 Å². The summed E-state index contributed by atoms with van der Waals surface area (Å²) < 4.78 is 5.27. The van der Waals surface area contributed by atoms with Crippen molar-refractivity contribution < 1.29 is 14.5 Å². The van der Waals surface area contributed by atoms with E-state index in [4.69, 9.17) is 10.5 Å². The molecule has 3 N–H and O–H groups in total. The van der Waals surface area contributed by atoms with Crippen molar-refractivity contribution in [2.24, 2.45) is 5.73 Å². The zero-order valence-corrected chi connectivity index (χ0v) is 11.4. The summed E-state index contributed by atoms with van der Waals surface area (Å²) in [4.78, 5) is 21.7. The van der Waals surface area contributed by atoms with E-state index in [1.807, 2.05) is 6.92 Å². The minimum atomic E-state index is -0.516. The number of para-hydroxylation sites is 2. The van der Waals surface area contributed by atoms with Crippen LogP contribution >= 0.6 is 0 Å². The number of amides is 1. The topological polar surface area (TPSA) is 107 Å². The number of benzene rings is 1. The van der Waals surface area contributed by atoms with Crippen LogP contribution in [0.4, 0.5) is 5.69 Å². The molecule has 110 valence electrons. The van der Waals surface area contributed by atoms with Gasteiger partial charge in [0, 0.05) is 18.7 Å². The first-order valence-electron chi connectivity index (χ1n) is 6.39. The zero-order valence-electron chi connectivity index (χ0n) is 11.4. The number of ether oxygens (including phenoxy) is 1. The molecular weight excluding hydrogens is 262 g/mol. The molecule has 0 radical (unpaired) electrons. The monoisotopic (exact) mass is 281 g/mol. The summed E-state index contributed by atoms with van der Waals surface area (Å²) in [7, 11) is 0. The molecule has 1 rings (SSSR count). The molecule has 0 aromatic heterocycles. The van der Waals surface area contributed by atoms with Crippen molar-refractivity contribution in [2.75, 3.05) is 13.2 Å². The number of nitro groups is 1. The van der Waals surface area contributed by atoms with E-state index in [1.54, 1.807) is 12.1 Å². The van der Waals surface area contributed by atoms with Crippen LogP contribution in [0.2, 0.25) is 0 Å². The van der Waals surface area contributed by atoms with Gasteiger partial charge in [-0.05, 0) is 19.4 Å². The number of carbonyl (C=O) groups excluding carboxylic acids is 1. The fourth-order valence-electron chi connectivity index (χ4n) is 1.51. The van der Waals surface area contributed by atoms with Crippen molar-refractivity contribution in [1.29, 1.82) is 0 Å². The molecule has 1 unspecified atom stereocenters. The van der Waals surface area contributed by atoms with E-state index in [1.165, 1.54) is 12.1 Å². The Balaban J connectivity index is 2.34. The van der Waals surface area contributed by atoms with Gasteiger partial charge < -0.3 is 15.8 Å². The number of rotatable bonds is 8. The highest BCUT2D eigenvalue weighted by atomic mass is 16.6. The normalized spacial score (nSPS) is 11.7. The van der Waals surface area contributed by atoms with Crippen LogP contribution in [0.5, 0.6) is 5.75 Å². The third-order valence-corrected chi connectivity index (χ3v) is 2.57. The predicted molar refractivity (Wildman–Crippen MR) is 74.5 cm³/mol. The zero-order chi connectivity index (χ0) is 15.0. The summed E-state index contributed by atoms with van der Waals surface area (Å²) in [6, 6.07) is 6.11. The summed E-state index contributed by atoms with van der Waals surface area (Å²) in [6.45, 7) is 2.47. The van der Waals surface area contributed by atoms with Gasteiger partial charge in [-0.15, -0.1) is 0 Å². The maximum Gasteiger partial charge on any atom is 0.310 e. The van der Waals surface area contributed by atoms with E-state index in [0.29, 0.717) is 13.0 Å². The van der Waals surface area contributed by atoms with Gasteiger partial charge in [0.25, 0.3) is 0 Å². The lowest BCUT2D eigenvalue weighted by atomic mass is 10.2. The SMILES string of the molecule is CC(N)CCNC(=O)CCOc1ccccc1[N+](=O)[O-]. The van der Waals surface area contributed by atoms with Gasteiger partial charge in [-0.3, -0.25) is 14.9 Å². The number of nitro benzene ring substituents is 1. The minimum Gasteiger partial charge on any atom is -0.486 e. The van der Waals surface area contributed by atoms with Crippen LogP contribution < -0.4 is 15.8 Å². The Bertz CT molecular complexity index is 463. The Morgan fingerprint density at radius 1 is 1.50 bits per heavy atom. The molecule has 0 fully saturated rings. The summed E-state index contributed by atoms with van der Waals surface area (Å²) in [5, 5.41) is 13.5. The third kappa shape index (κ3) is 5.66. The highest BCUT2D eigenvalue weighted by molar-refractivity contribution is 5.75. The lowest BCUT2D eigenvalue weighted by Gasteiger charge is -2.08. The molecule has 7 nitrogen and oxygen atoms in total. The summed E-state index contributed by atoms with van der Waals surface area (Å²) in [6.07, 6.45) is 0.849. The first kappa shape index (κ1) is 15.9. The number of carbonyl (C=O) groups is 1. The fourth-order valence-corrected chi connectivity index (χ4v) is 1.51. The molecule has 1 amide bonds. The molecule has 1 aromatic rings. The number of hydrogen-bond acceptors (Lipinski definition) is 5. The van der Waals surface area contributed by atoms with Crippen molar-refractivity contribution in [1.82, 2.24) is 5.32 Å². The molecule has 0 saturated heterocycles. The van der Waals surface area contributed by atoms with Crippen LogP contribution in [-0.4, -0.2) is 30.0 Å².